The maximum Gasteiger partial charge on any atom is 0.217 e. The molecule has 1 aromatic carbocycles. The number of aromatic nitrogens is 1. The number of methoxy groups -OCH3 is 1. The maximum atomic E-state index is 12.3. The molecule has 2 heterocycles. The van der Waals surface area contributed by atoms with E-state index in [9.17, 15) is 8.42 Å². The highest BCUT2D eigenvalue weighted by Crippen LogP contribution is 2.34. The summed E-state index contributed by atoms with van der Waals surface area (Å²) < 4.78 is 42.9. The summed E-state index contributed by atoms with van der Waals surface area (Å²) in [4.78, 5) is 0. The molecule has 0 fully saturated rings. The molecule has 8 heteroatoms. The monoisotopic (exact) mass is 338 g/mol. The number of sulfonamides is 1. The lowest BCUT2D eigenvalue weighted by molar-refractivity contribution is 0.240. The van der Waals surface area contributed by atoms with E-state index in [4.69, 9.17) is 14.0 Å². The zero-order valence-electron chi connectivity index (χ0n) is 12.9. The molecule has 1 unspecified atom stereocenters. The Bertz CT molecular complexity index is 800. The van der Waals surface area contributed by atoms with Crippen LogP contribution in [-0.2, 0) is 22.2 Å². The van der Waals surface area contributed by atoms with E-state index in [1.807, 2.05) is 18.2 Å². The minimum atomic E-state index is -3.53. The van der Waals surface area contributed by atoms with E-state index in [0.717, 1.165) is 5.56 Å². The first-order valence-corrected chi connectivity index (χ1v) is 8.82. The molecule has 7 nitrogen and oxygen atoms in total. The summed E-state index contributed by atoms with van der Waals surface area (Å²) in [6.07, 6.45) is 1.97. The lowest BCUT2D eigenvalue weighted by atomic mass is 10.0. The lowest BCUT2D eigenvalue weighted by Crippen LogP contribution is -2.43. The van der Waals surface area contributed by atoms with Crippen LogP contribution in [0.2, 0.25) is 0 Å². The molecule has 1 aliphatic rings. The Hall–Kier alpha value is -2.06. The van der Waals surface area contributed by atoms with Crippen molar-refractivity contribution >= 4 is 10.0 Å². The second-order valence-corrected chi connectivity index (χ2v) is 7.24. The Morgan fingerprint density at radius 3 is 2.96 bits per heavy atom. The molecule has 0 spiro atoms. The first-order chi connectivity index (χ1) is 11.0. The molecule has 1 N–H and O–H groups in total. The molecular formula is C15H18N2O5S. The van der Waals surface area contributed by atoms with Crippen LogP contribution in [0.25, 0.3) is 0 Å². The van der Waals surface area contributed by atoms with Gasteiger partial charge in [-0.2, -0.15) is 0 Å². The molecule has 1 aliphatic heterocycles. The van der Waals surface area contributed by atoms with Gasteiger partial charge < -0.3 is 14.0 Å². The highest BCUT2D eigenvalue weighted by atomic mass is 32.2. The van der Waals surface area contributed by atoms with Crippen LogP contribution in [0.15, 0.2) is 29.0 Å². The van der Waals surface area contributed by atoms with Gasteiger partial charge in [-0.1, -0.05) is 17.3 Å². The average molecular weight is 338 g/mol. The van der Waals surface area contributed by atoms with Crippen molar-refractivity contribution in [3.05, 3.63) is 41.3 Å². The molecule has 23 heavy (non-hydrogen) atoms. The van der Waals surface area contributed by atoms with Gasteiger partial charge in [0, 0.05) is 5.56 Å². The van der Waals surface area contributed by atoms with Crippen molar-refractivity contribution in [3.63, 3.8) is 0 Å². The summed E-state index contributed by atoms with van der Waals surface area (Å²) in [6.45, 7) is 2.01. The third-order valence-corrected chi connectivity index (χ3v) is 5.04. The summed E-state index contributed by atoms with van der Waals surface area (Å²) in [7, 11) is -1.95. The number of fused-ring (bicyclic) bond motifs is 1. The lowest BCUT2D eigenvalue weighted by Gasteiger charge is -2.26. The maximum absolute atomic E-state index is 12.3. The second kappa shape index (κ2) is 6.21. The van der Waals surface area contributed by atoms with Crippen LogP contribution in [0, 0.1) is 6.92 Å². The van der Waals surface area contributed by atoms with Crippen molar-refractivity contribution in [2.24, 2.45) is 0 Å². The third kappa shape index (κ3) is 3.48. The zero-order chi connectivity index (χ0) is 16.4. The Labute approximate surface area is 134 Å². The second-order valence-electron chi connectivity index (χ2n) is 5.48. The fraction of sp³-hybridized carbons (Fsp3) is 0.400. The van der Waals surface area contributed by atoms with Crippen LogP contribution in [0.1, 0.15) is 16.8 Å². The van der Waals surface area contributed by atoms with Crippen molar-refractivity contribution in [1.29, 1.82) is 0 Å². The minimum Gasteiger partial charge on any atom is -0.493 e. The van der Waals surface area contributed by atoms with Crippen molar-refractivity contribution in [1.82, 2.24) is 9.88 Å². The molecule has 0 amide bonds. The van der Waals surface area contributed by atoms with Crippen LogP contribution in [0.3, 0.4) is 0 Å². The van der Waals surface area contributed by atoms with Crippen molar-refractivity contribution in [2.75, 3.05) is 13.7 Å². The first-order valence-electron chi connectivity index (χ1n) is 7.17. The number of nitrogens with zero attached hydrogens (tertiary/aromatic N) is 1. The minimum absolute atomic E-state index is 0.212. The number of para-hydroxylation sites is 1. The van der Waals surface area contributed by atoms with Crippen LogP contribution in [0.5, 0.6) is 11.5 Å². The van der Waals surface area contributed by atoms with Crippen molar-refractivity contribution in [3.8, 4) is 11.5 Å². The van der Waals surface area contributed by atoms with E-state index in [-0.39, 0.29) is 18.4 Å². The molecule has 3 rings (SSSR count). The summed E-state index contributed by atoms with van der Waals surface area (Å²) in [5, 5.41) is 3.71. The van der Waals surface area contributed by atoms with Crippen molar-refractivity contribution < 1.29 is 22.4 Å². The highest BCUT2D eigenvalue weighted by molar-refractivity contribution is 7.88. The Morgan fingerprint density at radius 1 is 1.43 bits per heavy atom. The Kier molecular flexibility index (Phi) is 4.27. The van der Waals surface area contributed by atoms with Crippen LogP contribution in [0.4, 0.5) is 0 Å². The van der Waals surface area contributed by atoms with E-state index >= 15 is 0 Å². The molecule has 0 saturated heterocycles. The number of hydrogen-bond donors (Lipinski definition) is 1. The van der Waals surface area contributed by atoms with Gasteiger partial charge in [0.25, 0.3) is 0 Å². The van der Waals surface area contributed by atoms with Crippen LogP contribution < -0.4 is 14.2 Å². The summed E-state index contributed by atoms with van der Waals surface area (Å²) in [5.74, 6) is 1.12. The van der Waals surface area contributed by atoms with Gasteiger partial charge in [0.1, 0.15) is 24.3 Å². The summed E-state index contributed by atoms with van der Waals surface area (Å²) >= 11 is 0. The fourth-order valence-electron chi connectivity index (χ4n) is 2.56. The molecular weight excluding hydrogens is 320 g/mol. The number of nitrogens with one attached hydrogen (secondary N) is 1. The number of hydrogen-bond acceptors (Lipinski definition) is 6. The molecule has 1 aromatic heterocycles. The Morgan fingerprint density at radius 2 is 2.26 bits per heavy atom. The van der Waals surface area contributed by atoms with Gasteiger partial charge in [-0.25, -0.2) is 13.1 Å². The average Bonchev–Trinajstić information content (AvgIpc) is 2.90. The van der Waals surface area contributed by atoms with Crippen LogP contribution >= 0.6 is 0 Å². The predicted octanol–water partition coefficient (Wildman–Crippen LogP) is 1.41. The van der Waals surface area contributed by atoms with Crippen LogP contribution in [-0.4, -0.2) is 33.3 Å². The molecule has 2 aromatic rings. The first kappa shape index (κ1) is 15.8. The third-order valence-electron chi connectivity index (χ3n) is 3.70. The quantitative estimate of drug-likeness (QED) is 0.886. The smallest absolute Gasteiger partial charge is 0.217 e. The van der Waals surface area contributed by atoms with Crippen molar-refractivity contribution in [2.45, 2.75) is 25.1 Å². The van der Waals surface area contributed by atoms with Gasteiger partial charge in [0.05, 0.1) is 13.2 Å². The highest BCUT2D eigenvalue weighted by Gasteiger charge is 2.27. The molecule has 0 aliphatic carbocycles. The molecule has 0 bridgehead atoms. The summed E-state index contributed by atoms with van der Waals surface area (Å²) in [5.41, 5.74) is 2.04. The normalized spacial score (nSPS) is 17.4. The summed E-state index contributed by atoms with van der Waals surface area (Å²) in [6, 6.07) is 5.25. The van der Waals surface area contributed by atoms with Gasteiger partial charge in [-0.15, -0.1) is 0 Å². The van der Waals surface area contributed by atoms with Gasteiger partial charge in [0.2, 0.25) is 10.0 Å². The zero-order valence-corrected chi connectivity index (χ0v) is 13.7. The molecule has 1 atom stereocenters. The van der Waals surface area contributed by atoms with Gasteiger partial charge in [0.15, 0.2) is 11.5 Å². The topological polar surface area (TPSA) is 90.7 Å². The largest absolute Gasteiger partial charge is 0.493 e. The van der Waals surface area contributed by atoms with Gasteiger partial charge in [-0.05, 0) is 25.0 Å². The number of benzene rings is 1. The SMILES string of the molecule is COc1cccc2c1OCC(NS(=O)(=O)Cc1nocc1C)C2. The van der Waals surface area contributed by atoms with E-state index < -0.39 is 10.0 Å². The standard InChI is InChI=1S/C15H18N2O5S/c1-10-7-22-16-13(10)9-23(18,19)17-12-6-11-4-3-5-14(20-2)15(11)21-8-12/h3-5,7,12,17H,6,8-9H2,1-2H3. The predicted molar refractivity (Wildman–Crippen MR) is 83.0 cm³/mol. The molecule has 124 valence electrons. The number of rotatable bonds is 5. The number of aryl methyl sites for hydroxylation is 1. The van der Waals surface area contributed by atoms with E-state index in [1.54, 1.807) is 14.0 Å². The van der Waals surface area contributed by atoms with Gasteiger partial charge in [-0.3, -0.25) is 0 Å². The van der Waals surface area contributed by atoms with E-state index in [1.165, 1.54) is 6.26 Å². The molecule has 0 radical (unpaired) electrons. The van der Waals surface area contributed by atoms with E-state index in [0.29, 0.717) is 29.2 Å². The number of ether oxygens (including phenoxy) is 2. The fourth-order valence-corrected chi connectivity index (χ4v) is 3.94. The molecule has 0 saturated carbocycles. The Balaban J connectivity index is 1.71. The van der Waals surface area contributed by atoms with Gasteiger partial charge >= 0.3 is 0 Å². The van der Waals surface area contributed by atoms with E-state index in [2.05, 4.69) is 9.88 Å².